The van der Waals surface area contributed by atoms with Gasteiger partial charge in [-0.15, -0.1) is 0 Å². The van der Waals surface area contributed by atoms with Crippen LogP contribution in [0.2, 0.25) is 0 Å². The van der Waals surface area contributed by atoms with Crippen molar-refractivity contribution in [1.82, 2.24) is 5.32 Å². The van der Waals surface area contributed by atoms with Gasteiger partial charge in [0.25, 0.3) is 0 Å². The first-order valence-corrected chi connectivity index (χ1v) is 7.55. The van der Waals surface area contributed by atoms with E-state index in [-0.39, 0.29) is 6.04 Å². The third kappa shape index (κ3) is 3.84. The van der Waals surface area contributed by atoms with Gasteiger partial charge in [-0.2, -0.15) is 0 Å². The summed E-state index contributed by atoms with van der Waals surface area (Å²) in [5, 5.41) is 4.69. The molecule has 3 heteroatoms. The molecule has 1 heterocycles. The molecule has 0 saturated heterocycles. The maximum absolute atomic E-state index is 5.99. The Morgan fingerprint density at radius 2 is 2.10 bits per heavy atom. The number of hydrogen-bond acceptors (Lipinski definition) is 3. The van der Waals surface area contributed by atoms with Gasteiger partial charge in [-0.25, -0.2) is 0 Å². The van der Waals surface area contributed by atoms with Gasteiger partial charge in [0.1, 0.15) is 11.3 Å². The molecular formula is C17H25NO2. The van der Waals surface area contributed by atoms with Crippen LogP contribution in [0, 0.1) is 6.92 Å². The zero-order chi connectivity index (χ0) is 14.4. The molecule has 20 heavy (non-hydrogen) atoms. The fourth-order valence-corrected chi connectivity index (χ4v) is 2.48. The molecule has 110 valence electrons. The highest BCUT2D eigenvalue weighted by Crippen LogP contribution is 2.27. The van der Waals surface area contributed by atoms with Gasteiger partial charge in [0.05, 0.1) is 6.04 Å². The van der Waals surface area contributed by atoms with Crippen LogP contribution < -0.4 is 5.32 Å². The molecule has 0 fully saturated rings. The molecule has 0 aliphatic heterocycles. The second-order valence-corrected chi connectivity index (χ2v) is 5.14. The average Bonchev–Trinajstić information content (AvgIpc) is 2.85. The fraction of sp³-hybridized carbons (Fsp3) is 0.529. The highest BCUT2D eigenvalue weighted by Gasteiger charge is 2.15. The van der Waals surface area contributed by atoms with Crippen molar-refractivity contribution in [2.45, 2.75) is 39.7 Å². The molecule has 1 unspecified atom stereocenters. The van der Waals surface area contributed by atoms with E-state index >= 15 is 0 Å². The van der Waals surface area contributed by atoms with E-state index in [2.05, 4.69) is 43.4 Å². The van der Waals surface area contributed by atoms with Gasteiger partial charge >= 0.3 is 0 Å². The smallest absolute Gasteiger partial charge is 0.134 e. The van der Waals surface area contributed by atoms with E-state index in [4.69, 9.17) is 9.15 Å². The van der Waals surface area contributed by atoms with Gasteiger partial charge in [0.15, 0.2) is 0 Å². The molecule has 1 aromatic carbocycles. The number of hydrogen-bond donors (Lipinski definition) is 1. The van der Waals surface area contributed by atoms with Crippen molar-refractivity contribution in [3.05, 3.63) is 35.6 Å². The molecule has 0 aliphatic rings. The quantitative estimate of drug-likeness (QED) is 0.733. The van der Waals surface area contributed by atoms with Crippen molar-refractivity contribution < 1.29 is 9.15 Å². The molecule has 0 radical (unpaired) electrons. The third-order valence-corrected chi connectivity index (χ3v) is 3.47. The molecule has 1 N–H and O–H groups in total. The summed E-state index contributed by atoms with van der Waals surface area (Å²) < 4.78 is 11.4. The van der Waals surface area contributed by atoms with Crippen LogP contribution in [0.1, 0.15) is 44.1 Å². The van der Waals surface area contributed by atoms with Crippen LogP contribution in [0.4, 0.5) is 0 Å². The van der Waals surface area contributed by atoms with E-state index in [1.165, 1.54) is 10.9 Å². The molecule has 0 aliphatic carbocycles. The normalized spacial score (nSPS) is 12.9. The standard InChI is InChI=1S/C17H25NO2/c1-4-18-15(7-6-10-19-5-2)17-12-14-11-13(3)8-9-16(14)20-17/h8-9,11-12,15,18H,4-7,10H2,1-3H3. The Kier molecular flexibility index (Phi) is 5.62. The summed E-state index contributed by atoms with van der Waals surface area (Å²) in [5.74, 6) is 1.03. The maximum atomic E-state index is 5.99. The monoisotopic (exact) mass is 275 g/mol. The van der Waals surface area contributed by atoms with E-state index in [1.807, 2.05) is 6.92 Å². The Bertz CT molecular complexity index is 533. The summed E-state index contributed by atoms with van der Waals surface area (Å²) >= 11 is 0. The Balaban J connectivity index is 2.09. The minimum atomic E-state index is 0.271. The number of rotatable bonds is 8. The number of aryl methyl sites for hydroxylation is 1. The second-order valence-electron chi connectivity index (χ2n) is 5.14. The molecular weight excluding hydrogens is 250 g/mol. The molecule has 0 amide bonds. The number of fused-ring (bicyclic) bond motifs is 1. The zero-order valence-corrected chi connectivity index (χ0v) is 12.7. The maximum Gasteiger partial charge on any atom is 0.134 e. The summed E-state index contributed by atoms with van der Waals surface area (Å²) in [4.78, 5) is 0. The molecule has 2 rings (SSSR count). The van der Waals surface area contributed by atoms with Gasteiger partial charge in [-0.05, 0) is 51.4 Å². The van der Waals surface area contributed by atoms with E-state index < -0.39 is 0 Å². The SMILES string of the molecule is CCNC(CCCOCC)c1cc2cc(C)ccc2o1. The van der Waals surface area contributed by atoms with Crippen molar-refractivity contribution in [2.24, 2.45) is 0 Å². The lowest BCUT2D eigenvalue weighted by molar-refractivity contribution is 0.140. The highest BCUT2D eigenvalue weighted by molar-refractivity contribution is 5.78. The topological polar surface area (TPSA) is 34.4 Å². The number of ether oxygens (including phenoxy) is 1. The number of benzene rings is 1. The molecule has 0 spiro atoms. The van der Waals surface area contributed by atoms with Crippen LogP contribution in [-0.4, -0.2) is 19.8 Å². The van der Waals surface area contributed by atoms with Crippen LogP contribution >= 0.6 is 0 Å². The molecule has 2 aromatic rings. The largest absolute Gasteiger partial charge is 0.459 e. The minimum absolute atomic E-state index is 0.271. The van der Waals surface area contributed by atoms with Gasteiger partial charge in [0, 0.05) is 18.6 Å². The first kappa shape index (κ1) is 15.1. The Hall–Kier alpha value is -1.32. The Labute approximate surface area is 121 Å². The second kappa shape index (κ2) is 7.46. The van der Waals surface area contributed by atoms with Gasteiger partial charge in [-0.3, -0.25) is 0 Å². The van der Waals surface area contributed by atoms with E-state index in [0.717, 1.165) is 43.9 Å². The summed E-state index contributed by atoms with van der Waals surface area (Å²) in [6.45, 7) is 8.81. The Morgan fingerprint density at radius 3 is 2.85 bits per heavy atom. The molecule has 0 bridgehead atoms. The van der Waals surface area contributed by atoms with Crippen molar-refractivity contribution in [3.63, 3.8) is 0 Å². The fourth-order valence-electron chi connectivity index (χ4n) is 2.48. The first-order valence-electron chi connectivity index (χ1n) is 7.55. The van der Waals surface area contributed by atoms with Crippen LogP contribution in [0.3, 0.4) is 0 Å². The van der Waals surface area contributed by atoms with Crippen LogP contribution in [0.25, 0.3) is 11.0 Å². The zero-order valence-electron chi connectivity index (χ0n) is 12.7. The lowest BCUT2D eigenvalue weighted by atomic mass is 10.1. The highest BCUT2D eigenvalue weighted by atomic mass is 16.5. The van der Waals surface area contributed by atoms with Crippen LogP contribution in [0.5, 0.6) is 0 Å². The van der Waals surface area contributed by atoms with Crippen molar-refractivity contribution in [1.29, 1.82) is 0 Å². The van der Waals surface area contributed by atoms with Gasteiger partial charge in [-0.1, -0.05) is 18.6 Å². The Morgan fingerprint density at radius 1 is 1.25 bits per heavy atom. The van der Waals surface area contributed by atoms with Crippen molar-refractivity contribution in [3.8, 4) is 0 Å². The average molecular weight is 275 g/mol. The number of nitrogens with one attached hydrogen (secondary N) is 1. The predicted molar refractivity (Wildman–Crippen MR) is 83.1 cm³/mol. The van der Waals surface area contributed by atoms with E-state index in [9.17, 15) is 0 Å². The summed E-state index contributed by atoms with van der Waals surface area (Å²) in [6.07, 6.45) is 2.08. The van der Waals surface area contributed by atoms with Gasteiger partial charge < -0.3 is 14.5 Å². The molecule has 1 aromatic heterocycles. The van der Waals surface area contributed by atoms with E-state index in [1.54, 1.807) is 0 Å². The first-order chi connectivity index (χ1) is 9.74. The van der Waals surface area contributed by atoms with Crippen LogP contribution in [-0.2, 0) is 4.74 Å². The summed E-state index contributed by atoms with van der Waals surface area (Å²) in [7, 11) is 0. The summed E-state index contributed by atoms with van der Waals surface area (Å²) in [5.41, 5.74) is 2.24. The lowest BCUT2D eigenvalue weighted by Crippen LogP contribution is -2.20. The summed E-state index contributed by atoms with van der Waals surface area (Å²) in [6, 6.07) is 8.75. The molecule has 1 atom stereocenters. The third-order valence-electron chi connectivity index (χ3n) is 3.47. The van der Waals surface area contributed by atoms with E-state index in [0.29, 0.717) is 0 Å². The van der Waals surface area contributed by atoms with Gasteiger partial charge in [0.2, 0.25) is 0 Å². The number of furan rings is 1. The van der Waals surface area contributed by atoms with Crippen LogP contribution in [0.15, 0.2) is 28.7 Å². The lowest BCUT2D eigenvalue weighted by Gasteiger charge is -2.15. The predicted octanol–water partition coefficient (Wildman–Crippen LogP) is 4.21. The minimum Gasteiger partial charge on any atom is -0.459 e. The molecule has 0 saturated carbocycles. The molecule has 3 nitrogen and oxygen atoms in total. The van der Waals surface area contributed by atoms with Crippen molar-refractivity contribution >= 4 is 11.0 Å². The van der Waals surface area contributed by atoms with Crippen molar-refractivity contribution in [2.75, 3.05) is 19.8 Å².